The van der Waals surface area contributed by atoms with Crippen LogP contribution in [0.25, 0.3) is 0 Å². The fourth-order valence-corrected chi connectivity index (χ4v) is 3.81. The number of hydrogen-bond donors (Lipinski definition) is 2. The standard InChI is InChI=1S/C10H21NO4S/c1-10(7-12,8-13)6-11(2)9-3-4-16(14,15)5-9/h9,12-13H,3-8H2,1-2H3. The van der Waals surface area contributed by atoms with E-state index in [9.17, 15) is 18.6 Å². The summed E-state index contributed by atoms with van der Waals surface area (Å²) in [5.74, 6) is 0.438. The van der Waals surface area contributed by atoms with Crippen LogP contribution < -0.4 is 0 Å². The lowest BCUT2D eigenvalue weighted by molar-refractivity contribution is 0.0336. The van der Waals surface area contributed by atoms with Crippen LogP contribution in [0, 0.1) is 5.41 Å². The van der Waals surface area contributed by atoms with Crippen molar-refractivity contribution in [3.63, 3.8) is 0 Å². The summed E-state index contributed by atoms with van der Waals surface area (Å²) in [6.07, 6.45) is 0.645. The summed E-state index contributed by atoms with van der Waals surface area (Å²) in [5.41, 5.74) is -0.568. The molecular weight excluding hydrogens is 230 g/mol. The SMILES string of the molecule is CN(CC(C)(CO)CO)C1CCS(=O)(=O)C1. The molecule has 1 unspecified atom stereocenters. The van der Waals surface area contributed by atoms with Crippen molar-refractivity contribution in [1.29, 1.82) is 0 Å². The molecule has 5 nitrogen and oxygen atoms in total. The van der Waals surface area contributed by atoms with Gasteiger partial charge in [0.15, 0.2) is 9.84 Å². The van der Waals surface area contributed by atoms with E-state index >= 15 is 0 Å². The number of sulfone groups is 1. The quantitative estimate of drug-likeness (QED) is 0.662. The Morgan fingerprint density at radius 3 is 2.31 bits per heavy atom. The predicted octanol–water partition coefficient (Wildman–Crippen LogP) is -0.904. The highest BCUT2D eigenvalue weighted by atomic mass is 32.2. The van der Waals surface area contributed by atoms with Gasteiger partial charge in [0.05, 0.1) is 24.7 Å². The van der Waals surface area contributed by atoms with E-state index in [0.29, 0.717) is 13.0 Å². The molecule has 1 aliphatic rings. The topological polar surface area (TPSA) is 77.8 Å². The van der Waals surface area contributed by atoms with Crippen LogP contribution in [0.1, 0.15) is 13.3 Å². The fourth-order valence-electron chi connectivity index (χ4n) is 2.00. The molecule has 6 heteroatoms. The van der Waals surface area contributed by atoms with Crippen molar-refractivity contribution in [2.75, 3.05) is 38.3 Å². The average molecular weight is 251 g/mol. The number of rotatable bonds is 5. The molecule has 0 aromatic rings. The Labute approximate surface area is 97.0 Å². The van der Waals surface area contributed by atoms with Gasteiger partial charge in [-0.05, 0) is 13.5 Å². The summed E-state index contributed by atoms with van der Waals surface area (Å²) in [7, 11) is -1.03. The van der Waals surface area contributed by atoms with Gasteiger partial charge in [0.1, 0.15) is 0 Å². The monoisotopic (exact) mass is 251 g/mol. The molecule has 16 heavy (non-hydrogen) atoms. The molecule has 1 fully saturated rings. The zero-order chi connectivity index (χ0) is 12.4. The van der Waals surface area contributed by atoms with E-state index in [2.05, 4.69) is 0 Å². The molecule has 0 aliphatic carbocycles. The van der Waals surface area contributed by atoms with Gasteiger partial charge in [0.25, 0.3) is 0 Å². The first-order valence-corrected chi connectivity index (χ1v) is 7.26. The Morgan fingerprint density at radius 1 is 1.38 bits per heavy atom. The van der Waals surface area contributed by atoms with E-state index in [1.165, 1.54) is 0 Å². The van der Waals surface area contributed by atoms with Crippen LogP contribution in [0.3, 0.4) is 0 Å². The molecule has 1 atom stereocenters. The minimum absolute atomic E-state index is 0.0161. The second-order valence-corrected chi connectivity index (χ2v) is 7.33. The third-order valence-corrected chi connectivity index (χ3v) is 4.98. The highest BCUT2D eigenvalue weighted by Crippen LogP contribution is 2.21. The van der Waals surface area contributed by atoms with Crippen LogP contribution in [0.5, 0.6) is 0 Å². The Balaban J connectivity index is 2.56. The third-order valence-electron chi connectivity index (χ3n) is 3.23. The zero-order valence-electron chi connectivity index (χ0n) is 9.89. The highest BCUT2D eigenvalue weighted by Gasteiger charge is 2.34. The molecule has 2 N–H and O–H groups in total. The van der Waals surface area contributed by atoms with Crippen LogP contribution in [0.15, 0.2) is 0 Å². The summed E-state index contributed by atoms with van der Waals surface area (Å²) >= 11 is 0. The molecule has 0 aromatic carbocycles. The smallest absolute Gasteiger partial charge is 0.151 e. The average Bonchev–Trinajstić information content (AvgIpc) is 2.58. The van der Waals surface area contributed by atoms with Crippen molar-refractivity contribution >= 4 is 9.84 Å². The van der Waals surface area contributed by atoms with Crippen LogP contribution in [0.2, 0.25) is 0 Å². The second-order valence-electron chi connectivity index (χ2n) is 5.10. The molecule has 96 valence electrons. The van der Waals surface area contributed by atoms with E-state index in [4.69, 9.17) is 0 Å². The minimum Gasteiger partial charge on any atom is -0.396 e. The number of aliphatic hydroxyl groups excluding tert-OH is 2. The molecule has 0 aromatic heterocycles. The van der Waals surface area contributed by atoms with E-state index in [1.54, 1.807) is 6.92 Å². The van der Waals surface area contributed by atoms with Crippen LogP contribution >= 0.6 is 0 Å². The Morgan fingerprint density at radius 2 is 1.94 bits per heavy atom. The van der Waals surface area contributed by atoms with Gasteiger partial charge < -0.3 is 15.1 Å². The van der Waals surface area contributed by atoms with Crippen molar-refractivity contribution in [2.24, 2.45) is 5.41 Å². The molecule has 0 spiro atoms. The van der Waals surface area contributed by atoms with Gasteiger partial charge in [0.2, 0.25) is 0 Å². The lowest BCUT2D eigenvalue weighted by atomic mass is 9.92. The molecule has 1 aliphatic heterocycles. The van der Waals surface area contributed by atoms with Crippen molar-refractivity contribution in [2.45, 2.75) is 19.4 Å². The first kappa shape index (κ1) is 13.9. The van der Waals surface area contributed by atoms with Gasteiger partial charge in [-0.15, -0.1) is 0 Å². The lowest BCUT2D eigenvalue weighted by Crippen LogP contribution is -2.44. The molecule has 0 amide bonds. The van der Waals surface area contributed by atoms with Crippen molar-refractivity contribution in [3.8, 4) is 0 Å². The summed E-state index contributed by atoms with van der Waals surface area (Å²) in [4.78, 5) is 1.93. The highest BCUT2D eigenvalue weighted by molar-refractivity contribution is 7.91. The van der Waals surface area contributed by atoms with Crippen molar-refractivity contribution in [3.05, 3.63) is 0 Å². The number of aliphatic hydroxyl groups is 2. The largest absolute Gasteiger partial charge is 0.396 e. The molecule has 1 saturated heterocycles. The predicted molar refractivity (Wildman–Crippen MR) is 62.0 cm³/mol. The second kappa shape index (κ2) is 5.00. The van der Waals surface area contributed by atoms with Gasteiger partial charge in [-0.25, -0.2) is 8.42 Å². The Kier molecular flexibility index (Phi) is 4.34. The van der Waals surface area contributed by atoms with E-state index in [1.807, 2.05) is 11.9 Å². The summed E-state index contributed by atoms with van der Waals surface area (Å²) in [6.45, 7) is 2.08. The van der Waals surface area contributed by atoms with Crippen molar-refractivity contribution < 1.29 is 18.6 Å². The Hall–Kier alpha value is -0.170. The number of hydrogen-bond acceptors (Lipinski definition) is 5. The molecule has 1 rings (SSSR count). The summed E-state index contributed by atoms with van der Waals surface area (Å²) in [6, 6.07) is 0.0161. The number of nitrogens with zero attached hydrogens (tertiary/aromatic N) is 1. The molecular formula is C10H21NO4S. The zero-order valence-corrected chi connectivity index (χ0v) is 10.7. The van der Waals surface area contributed by atoms with Gasteiger partial charge in [-0.1, -0.05) is 6.92 Å². The molecule has 0 saturated carbocycles. The van der Waals surface area contributed by atoms with Crippen molar-refractivity contribution in [1.82, 2.24) is 4.90 Å². The maximum atomic E-state index is 11.3. The van der Waals surface area contributed by atoms with Gasteiger partial charge in [-0.3, -0.25) is 0 Å². The lowest BCUT2D eigenvalue weighted by Gasteiger charge is -2.33. The van der Waals surface area contributed by atoms with Crippen LogP contribution in [-0.2, 0) is 9.84 Å². The van der Waals surface area contributed by atoms with Gasteiger partial charge in [-0.2, -0.15) is 0 Å². The molecule has 0 radical (unpaired) electrons. The van der Waals surface area contributed by atoms with Crippen LogP contribution in [0.4, 0.5) is 0 Å². The fraction of sp³-hybridized carbons (Fsp3) is 1.00. The maximum Gasteiger partial charge on any atom is 0.151 e. The Bertz CT molecular complexity index is 324. The third kappa shape index (κ3) is 3.41. The molecule has 1 heterocycles. The minimum atomic E-state index is -2.88. The van der Waals surface area contributed by atoms with E-state index in [-0.39, 0.29) is 30.8 Å². The van der Waals surface area contributed by atoms with E-state index < -0.39 is 15.3 Å². The summed E-state index contributed by atoms with van der Waals surface area (Å²) in [5, 5.41) is 18.3. The first-order chi connectivity index (χ1) is 7.32. The first-order valence-electron chi connectivity index (χ1n) is 5.44. The normalized spacial score (nSPS) is 25.2. The summed E-state index contributed by atoms with van der Waals surface area (Å²) < 4.78 is 22.6. The van der Waals surface area contributed by atoms with Gasteiger partial charge >= 0.3 is 0 Å². The van der Waals surface area contributed by atoms with Crippen LogP contribution in [-0.4, -0.2) is 67.9 Å². The van der Waals surface area contributed by atoms with E-state index in [0.717, 1.165) is 0 Å². The van der Waals surface area contributed by atoms with Gasteiger partial charge in [0, 0.05) is 18.0 Å². The molecule has 0 bridgehead atoms. The maximum absolute atomic E-state index is 11.3.